The van der Waals surface area contributed by atoms with E-state index in [-0.39, 0.29) is 6.54 Å². The molecule has 3 rings (SSSR count). The number of aryl methyl sites for hydroxylation is 1. The first kappa shape index (κ1) is 20.2. The summed E-state index contributed by atoms with van der Waals surface area (Å²) >= 11 is 0.680. The third kappa shape index (κ3) is 4.00. The van der Waals surface area contributed by atoms with Crippen molar-refractivity contribution in [2.45, 2.75) is 31.7 Å². The van der Waals surface area contributed by atoms with E-state index in [1.165, 1.54) is 18.2 Å². The molecule has 9 heteroatoms. The van der Waals surface area contributed by atoms with Crippen LogP contribution in [0, 0.1) is 12.7 Å². The molecule has 0 bridgehead atoms. The Labute approximate surface area is 161 Å². The summed E-state index contributed by atoms with van der Waals surface area (Å²) in [6.45, 7) is 1.41. The number of para-hydroxylation sites is 1. The van der Waals surface area contributed by atoms with Crippen molar-refractivity contribution in [3.05, 3.63) is 64.4 Å². The standard InChI is InChI=1S/C19H16F4N2O2S/c1-11-6-7-12(8-13(11)20)10-24-16(26)9-18(27,19(21,22)23)17-25-14-4-2-3-5-15(14)28-17/h2-8,27H,9-10H2,1H3,(H,24,26). The summed E-state index contributed by atoms with van der Waals surface area (Å²) in [6, 6.07) is 10.6. The number of aliphatic hydroxyl groups is 1. The summed E-state index contributed by atoms with van der Waals surface area (Å²) in [5, 5.41) is 12.1. The summed E-state index contributed by atoms with van der Waals surface area (Å²) in [5.41, 5.74) is -2.30. The first-order valence-electron chi connectivity index (χ1n) is 8.27. The van der Waals surface area contributed by atoms with Gasteiger partial charge in [-0.15, -0.1) is 11.3 Å². The van der Waals surface area contributed by atoms with E-state index in [2.05, 4.69) is 10.3 Å². The highest BCUT2D eigenvalue weighted by atomic mass is 32.1. The lowest BCUT2D eigenvalue weighted by atomic mass is 9.99. The summed E-state index contributed by atoms with van der Waals surface area (Å²) in [4.78, 5) is 16.0. The maximum Gasteiger partial charge on any atom is 0.424 e. The Balaban J connectivity index is 1.80. The number of benzene rings is 2. The molecule has 0 aliphatic heterocycles. The summed E-state index contributed by atoms with van der Waals surface area (Å²) in [5.74, 6) is -1.51. The van der Waals surface area contributed by atoms with Crippen LogP contribution in [0.2, 0.25) is 0 Å². The predicted octanol–water partition coefficient (Wildman–Crippen LogP) is 4.20. The number of nitrogens with zero attached hydrogens (tertiary/aromatic N) is 1. The highest BCUT2D eigenvalue weighted by molar-refractivity contribution is 7.18. The van der Waals surface area contributed by atoms with Crippen molar-refractivity contribution in [2.75, 3.05) is 0 Å². The quantitative estimate of drug-likeness (QED) is 0.618. The third-order valence-corrected chi connectivity index (χ3v) is 5.45. The molecule has 2 N–H and O–H groups in total. The van der Waals surface area contributed by atoms with Crippen LogP contribution in [0.5, 0.6) is 0 Å². The molecule has 0 radical (unpaired) electrons. The average molecular weight is 412 g/mol. The summed E-state index contributed by atoms with van der Waals surface area (Å²) in [6.07, 6.45) is -6.35. The zero-order chi connectivity index (χ0) is 20.5. The smallest absolute Gasteiger partial charge is 0.374 e. The van der Waals surface area contributed by atoms with Crippen LogP contribution in [-0.2, 0) is 16.9 Å². The Bertz CT molecular complexity index is 986. The van der Waals surface area contributed by atoms with Gasteiger partial charge < -0.3 is 10.4 Å². The molecule has 1 amide bonds. The molecule has 1 aromatic heterocycles. The third-order valence-electron chi connectivity index (χ3n) is 4.26. The molecular weight excluding hydrogens is 396 g/mol. The van der Waals surface area contributed by atoms with Crippen molar-refractivity contribution < 1.29 is 27.5 Å². The van der Waals surface area contributed by atoms with Crippen molar-refractivity contribution in [3.8, 4) is 0 Å². The topological polar surface area (TPSA) is 62.2 Å². The van der Waals surface area contributed by atoms with Crippen molar-refractivity contribution in [2.24, 2.45) is 0 Å². The van der Waals surface area contributed by atoms with Crippen LogP contribution in [0.3, 0.4) is 0 Å². The minimum atomic E-state index is -5.10. The lowest BCUT2D eigenvalue weighted by molar-refractivity contribution is -0.267. The number of hydrogen-bond donors (Lipinski definition) is 2. The van der Waals surface area contributed by atoms with Gasteiger partial charge in [0.25, 0.3) is 0 Å². The van der Waals surface area contributed by atoms with Gasteiger partial charge in [0, 0.05) is 6.54 Å². The Morgan fingerprint density at radius 2 is 1.93 bits per heavy atom. The maximum absolute atomic E-state index is 13.6. The van der Waals surface area contributed by atoms with E-state index >= 15 is 0 Å². The van der Waals surface area contributed by atoms with Crippen LogP contribution in [-0.4, -0.2) is 22.2 Å². The maximum atomic E-state index is 13.6. The molecule has 0 spiro atoms. The molecule has 0 fully saturated rings. The number of amides is 1. The molecule has 28 heavy (non-hydrogen) atoms. The van der Waals surface area contributed by atoms with Crippen LogP contribution < -0.4 is 5.32 Å². The molecule has 4 nitrogen and oxygen atoms in total. The first-order valence-corrected chi connectivity index (χ1v) is 9.09. The highest BCUT2D eigenvalue weighted by Gasteiger charge is 2.58. The molecular formula is C19H16F4N2O2S. The largest absolute Gasteiger partial charge is 0.424 e. The van der Waals surface area contributed by atoms with E-state index < -0.39 is 34.9 Å². The van der Waals surface area contributed by atoms with Gasteiger partial charge in [0.2, 0.25) is 11.5 Å². The van der Waals surface area contributed by atoms with E-state index in [1.54, 1.807) is 31.2 Å². The number of nitrogens with one attached hydrogen (secondary N) is 1. The van der Waals surface area contributed by atoms with Crippen LogP contribution in [0.4, 0.5) is 17.6 Å². The number of rotatable bonds is 5. The zero-order valence-electron chi connectivity index (χ0n) is 14.7. The summed E-state index contributed by atoms with van der Waals surface area (Å²) in [7, 11) is 0. The predicted molar refractivity (Wildman–Crippen MR) is 97.2 cm³/mol. The SMILES string of the molecule is Cc1ccc(CNC(=O)CC(O)(c2nc3ccccc3s2)C(F)(F)F)cc1F. The van der Waals surface area contributed by atoms with E-state index in [0.29, 0.717) is 32.7 Å². The Morgan fingerprint density at radius 3 is 2.57 bits per heavy atom. The fourth-order valence-electron chi connectivity index (χ4n) is 2.59. The van der Waals surface area contributed by atoms with E-state index in [4.69, 9.17) is 0 Å². The summed E-state index contributed by atoms with van der Waals surface area (Å²) < 4.78 is 54.9. The number of carbonyl (C=O) groups excluding carboxylic acids is 1. The number of hydrogen-bond acceptors (Lipinski definition) is 4. The second-order valence-corrected chi connectivity index (χ2v) is 7.41. The fourth-order valence-corrected chi connectivity index (χ4v) is 3.66. The number of carbonyl (C=O) groups is 1. The van der Waals surface area contributed by atoms with Crippen molar-refractivity contribution >= 4 is 27.5 Å². The molecule has 3 aromatic rings. The van der Waals surface area contributed by atoms with Gasteiger partial charge in [-0.05, 0) is 36.2 Å². The molecule has 1 unspecified atom stereocenters. The average Bonchev–Trinajstić information content (AvgIpc) is 3.06. The highest BCUT2D eigenvalue weighted by Crippen LogP contribution is 2.44. The van der Waals surface area contributed by atoms with Gasteiger partial charge in [0.1, 0.15) is 10.8 Å². The minimum Gasteiger partial charge on any atom is -0.374 e. The molecule has 0 aliphatic carbocycles. The Morgan fingerprint density at radius 1 is 1.21 bits per heavy atom. The number of halogens is 4. The normalized spacial score (nSPS) is 14.1. The lowest BCUT2D eigenvalue weighted by Crippen LogP contribution is -2.46. The van der Waals surface area contributed by atoms with Crippen LogP contribution in [0.15, 0.2) is 42.5 Å². The molecule has 1 heterocycles. The molecule has 2 aromatic carbocycles. The van der Waals surface area contributed by atoms with Gasteiger partial charge >= 0.3 is 6.18 Å². The van der Waals surface area contributed by atoms with Crippen molar-refractivity contribution in [1.29, 1.82) is 0 Å². The van der Waals surface area contributed by atoms with Crippen molar-refractivity contribution in [3.63, 3.8) is 0 Å². The second-order valence-electron chi connectivity index (χ2n) is 6.38. The van der Waals surface area contributed by atoms with E-state index in [9.17, 15) is 27.5 Å². The van der Waals surface area contributed by atoms with E-state index in [1.807, 2.05) is 0 Å². The van der Waals surface area contributed by atoms with E-state index in [0.717, 1.165) is 0 Å². The molecule has 1 atom stereocenters. The molecule has 0 aliphatic rings. The number of fused-ring (bicyclic) bond motifs is 1. The van der Waals surface area contributed by atoms with Gasteiger partial charge in [-0.3, -0.25) is 4.79 Å². The molecule has 148 valence electrons. The van der Waals surface area contributed by atoms with Gasteiger partial charge in [0.15, 0.2) is 0 Å². The Hall–Kier alpha value is -2.52. The first-order chi connectivity index (χ1) is 13.1. The second kappa shape index (κ2) is 7.48. The zero-order valence-corrected chi connectivity index (χ0v) is 15.5. The van der Waals surface area contributed by atoms with Gasteiger partial charge in [-0.25, -0.2) is 9.37 Å². The van der Waals surface area contributed by atoms with Gasteiger partial charge in [0.05, 0.1) is 16.6 Å². The monoisotopic (exact) mass is 412 g/mol. The lowest BCUT2D eigenvalue weighted by Gasteiger charge is -2.27. The van der Waals surface area contributed by atoms with Crippen LogP contribution in [0.25, 0.3) is 10.2 Å². The number of aromatic nitrogens is 1. The van der Waals surface area contributed by atoms with Crippen molar-refractivity contribution in [1.82, 2.24) is 10.3 Å². The fraction of sp³-hybridized carbons (Fsp3) is 0.263. The number of alkyl halides is 3. The molecule has 0 saturated carbocycles. The minimum absolute atomic E-state index is 0.163. The van der Waals surface area contributed by atoms with Gasteiger partial charge in [-0.1, -0.05) is 24.3 Å². The van der Waals surface area contributed by atoms with Crippen LogP contribution >= 0.6 is 11.3 Å². The van der Waals surface area contributed by atoms with Crippen LogP contribution in [0.1, 0.15) is 22.6 Å². The number of thiazole rings is 1. The van der Waals surface area contributed by atoms with Gasteiger partial charge in [-0.2, -0.15) is 13.2 Å². The molecule has 0 saturated heterocycles. The Kier molecular flexibility index (Phi) is 5.40.